The summed E-state index contributed by atoms with van der Waals surface area (Å²) in [6.07, 6.45) is 2.45. The molecule has 0 aliphatic rings. The minimum atomic E-state index is -0.213. The summed E-state index contributed by atoms with van der Waals surface area (Å²) in [4.78, 5) is 4.00. The largest absolute Gasteiger partial charge is 0.380 e. The van der Waals surface area contributed by atoms with Crippen molar-refractivity contribution < 1.29 is 4.39 Å². The maximum absolute atomic E-state index is 12.8. The Balaban J connectivity index is 1.99. The highest BCUT2D eigenvalue weighted by Gasteiger charge is 2.06. The van der Waals surface area contributed by atoms with Gasteiger partial charge in [-0.05, 0) is 43.2 Å². The van der Waals surface area contributed by atoms with Crippen molar-refractivity contribution in [2.45, 2.75) is 19.4 Å². The number of hydrogen-bond donors (Lipinski definition) is 1. The predicted octanol–water partition coefficient (Wildman–Crippen LogP) is 3.92. The van der Waals surface area contributed by atoms with Gasteiger partial charge in [0.25, 0.3) is 0 Å². The van der Waals surface area contributed by atoms with E-state index in [2.05, 4.69) is 10.3 Å². The van der Waals surface area contributed by atoms with Gasteiger partial charge >= 0.3 is 0 Å². The molecule has 18 heavy (non-hydrogen) atoms. The minimum absolute atomic E-state index is 0.192. The second-order valence-corrected chi connectivity index (χ2v) is 4.58. The quantitative estimate of drug-likeness (QED) is 0.847. The highest BCUT2D eigenvalue weighted by Crippen LogP contribution is 2.19. The lowest BCUT2D eigenvalue weighted by Gasteiger charge is -2.15. The lowest BCUT2D eigenvalue weighted by atomic mass is 10.1. The standard InChI is InChI=1S/C14H14ClFN2/c1-10(9-11-4-6-12(16)7-5-11)18-13-3-2-8-17-14(13)15/h2-8,10,18H,9H2,1H3. The smallest absolute Gasteiger partial charge is 0.152 e. The number of aromatic nitrogens is 1. The monoisotopic (exact) mass is 264 g/mol. The van der Waals surface area contributed by atoms with Crippen LogP contribution < -0.4 is 5.32 Å². The van der Waals surface area contributed by atoms with Gasteiger partial charge in [0.15, 0.2) is 5.15 Å². The highest BCUT2D eigenvalue weighted by atomic mass is 35.5. The fraction of sp³-hybridized carbons (Fsp3) is 0.214. The molecule has 0 saturated heterocycles. The summed E-state index contributed by atoms with van der Waals surface area (Å²) in [7, 11) is 0. The van der Waals surface area contributed by atoms with E-state index in [-0.39, 0.29) is 11.9 Å². The van der Waals surface area contributed by atoms with Crippen molar-refractivity contribution in [3.05, 3.63) is 59.1 Å². The molecule has 1 unspecified atom stereocenters. The van der Waals surface area contributed by atoms with Crippen molar-refractivity contribution in [2.24, 2.45) is 0 Å². The van der Waals surface area contributed by atoms with Crippen LogP contribution in [0.1, 0.15) is 12.5 Å². The molecular weight excluding hydrogens is 251 g/mol. The van der Waals surface area contributed by atoms with Crippen molar-refractivity contribution in [2.75, 3.05) is 5.32 Å². The first-order chi connectivity index (χ1) is 8.65. The van der Waals surface area contributed by atoms with Crippen molar-refractivity contribution >= 4 is 17.3 Å². The van der Waals surface area contributed by atoms with Crippen LogP contribution in [0.2, 0.25) is 5.15 Å². The zero-order valence-corrected chi connectivity index (χ0v) is 10.8. The van der Waals surface area contributed by atoms with E-state index < -0.39 is 0 Å². The second-order valence-electron chi connectivity index (χ2n) is 4.22. The Hall–Kier alpha value is -1.61. The van der Waals surface area contributed by atoms with Crippen LogP contribution in [0.15, 0.2) is 42.6 Å². The Morgan fingerprint density at radius 1 is 1.28 bits per heavy atom. The zero-order valence-electron chi connectivity index (χ0n) is 10.0. The van der Waals surface area contributed by atoms with Crippen LogP contribution in [0.25, 0.3) is 0 Å². The zero-order chi connectivity index (χ0) is 13.0. The first-order valence-electron chi connectivity index (χ1n) is 5.76. The van der Waals surface area contributed by atoms with Gasteiger partial charge in [-0.25, -0.2) is 9.37 Å². The van der Waals surface area contributed by atoms with Crippen LogP contribution in [0.5, 0.6) is 0 Å². The molecule has 0 aliphatic heterocycles. The summed E-state index contributed by atoms with van der Waals surface area (Å²) in [5.41, 5.74) is 1.89. The van der Waals surface area contributed by atoms with Crippen molar-refractivity contribution in [3.63, 3.8) is 0 Å². The average Bonchev–Trinajstić information content (AvgIpc) is 2.35. The topological polar surface area (TPSA) is 24.9 Å². The van der Waals surface area contributed by atoms with E-state index in [0.29, 0.717) is 5.15 Å². The van der Waals surface area contributed by atoms with Crippen LogP contribution in [0, 0.1) is 5.82 Å². The predicted molar refractivity (Wildman–Crippen MR) is 72.4 cm³/mol. The lowest BCUT2D eigenvalue weighted by Crippen LogP contribution is -2.18. The highest BCUT2D eigenvalue weighted by molar-refractivity contribution is 6.31. The van der Waals surface area contributed by atoms with Gasteiger partial charge in [0.1, 0.15) is 5.82 Å². The first-order valence-corrected chi connectivity index (χ1v) is 6.14. The minimum Gasteiger partial charge on any atom is -0.380 e. The molecule has 2 aromatic rings. The summed E-state index contributed by atoms with van der Waals surface area (Å²) >= 11 is 5.97. The van der Waals surface area contributed by atoms with Crippen LogP contribution in [0.4, 0.5) is 10.1 Å². The second kappa shape index (κ2) is 5.83. The number of rotatable bonds is 4. The third kappa shape index (κ3) is 3.44. The van der Waals surface area contributed by atoms with Gasteiger partial charge in [0.2, 0.25) is 0 Å². The molecular formula is C14H14ClFN2. The molecule has 0 radical (unpaired) electrons. The molecule has 0 spiro atoms. The Labute approximate surface area is 111 Å². The molecule has 0 saturated carbocycles. The maximum Gasteiger partial charge on any atom is 0.152 e. The molecule has 1 aromatic heterocycles. The molecule has 1 aromatic carbocycles. The Bertz CT molecular complexity index is 513. The fourth-order valence-electron chi connectivity index (χ4n) is 1.78. The molecule has 0 fully saturated rings. The van der Waals surface area contributed by atoms with E-state index in [9.17, 15) is 4.39 Å². The van der Waals surface area contributed by atoms with Crippen molar-refractivity contribution in [1.82, 2.24) is 4.98 Å². The maximum atomic E-state index is 12.8. The number of hydrogen-bond acceptors (Lipinski definition) is 2. The summed E-state index contributed by atoms with van der Waals surface area (Å²) in [5.74, 6) is -0.213. The molecule has 94 valence electrons. The molecule has 0 aliphatic carbocycles. The molecule has 0 bridgehead atoms. The van der Waals surface area contributed by atoms with E-state index in [1.54, 1.807) is 18.3 Å². The van der Waals surface area contributed by atoms with Crippen molar-refractivity contribution in [1.29, 1.82) is 0 Å². The molecule has 1 N–H and O–H groups in total. The number of benzene rings is 1. The Morgan fingerprint density at radius 3 is 2.67 bits per heavy atom. The summed E-state index contributed by atoms with van der Waals surface area (Å²) in [6, 6.07) is 10.4. The number of halogens is 2. The number of pyridine rings is 1. The normalized spacial score (nSPS) is 12.2. The van der Waals surface area contributed by atoms with Gasteiger partial charge in [-0.3, -0.25) is 0 Å². The van der Waals surface area contributed by atoms with E-state index in [1.807, 2.05) is 19.1 Å². The fourth-order valence-corrected chi connectivity index (χ4v) is 1.96. The summed E-state index contributed by atoms with van der Waals surface area (Å²) < 4.78 is 12.8. The van der Waals surface area contributed by atoms with Gasteiger partial charge in [0, 0.05) is 12.2 Å². The average molecular weight is 265 g/mol. The van der Waals surface area contributed by atoms with E-state index in [0.717, 1.165) is 17.7 Å². The van der Waals surface area contributed by atoms with Gasteiger partial charge in [-0.2, -0.15) is 0 Å². The molecule has 1 heterocycles. The van der Waals surface area contributed by atoms with Crippen LogP contribution in [0.3, 0.4) is 0 Å². The third-order valence-corrected chi connectivity index (χ3v) is 2.92. The molecule has 2 nitrogen and oxygen atoms in total. The van der Waals surface area contributed by atoms with Crippen LogP contribution in [-0.4, -0.2) is 11.0 Å². The molecule has 1 atom stereocenters. The summed E-state index contributed by atoms with van der Waals surface area (Å²) in [6.45, 7) is 2.05. The number of nitrogens with zero attached hydrogens (tertiary/aromatic N) is 1. The van der Waals surface area contributed by atoms with Gasteiger partial charge in [-0.1, -0.05) is 23.7 Å². The molecule has 2 rings (SSSR count). The third-order valence-electron chi connectivity index (χ3n) is 2.62. The van der Waals surface area contributed by atoms with Crippen LogP contribution in [-0.2, 0) is 6.42 Å². The number of anilines is 1. The Morgan fingerprint density at radius 2 is 2.00 bits per heavy atom. The Kier molecular flexibility index (Phi) is 4.15. The molecule has 4 heteroatoms. The summed E-state index contributed by atoms with van der Waals surface area (Å²) in [5, 5.41) is 3.75. The molecule has 0 amide bonds. The van der Waals surface area contributed by atoms with E-state index in [1.165, 1.54) is 12.1 Å². The van der Waals surface area contributed by atoms with E-state index >= 15 is 0 Å². The lowest BCUT2D eigenvalue weighted by molar-refractivity contribution is 0.626. The van der Waals surface area contributed by atoms with Crippen molar-refractivity contribution in [3.8, 4) is 0 Å². The van der Waals surface area contributed by atoms with Gasteiger partial charge in [-0.15, -0.1) is 0 Å². The SMILES string of the molecule is CC(Cc1ccc(F)cc1)Nc1cccnc1Cl. The number of nitrogens with one attached hydrogen (secondary N) is 1. The van der Waals surface area contributed by atoms with Gasteiger partial charge in [0.05, 0.1) is 5.69 Å². The first kappa shape index (κ1) is 12.8. The van der Waals surface area contributed by atoms with E-state index in [4.69, 9.17) is 11.6 Å². The van der Waals surface area contributed by atoms with Crippen LogP contribution >= 0.6 is 11.6 Å². The van der Waals surface area contributed by atoms with Gasteiger partial charge < -0.3 is 5.32 Å².